The lowest BCUT2D eigenvalue weighted by Crippen LogP contribution is -2.04. The van der Waals surface area contributed by atoms with Crippen LogP contribution >= 0.6 is 11.8 Å². The van der Waals surface area contributed by atoms with Gasteiger partial charge in [0, 0.05) is 15.2 Å². The minimum absolute atomic E-state index is 0.326. The van der Waals surface area contributed by atoms with Gasteiger partial charge in [0.15, 0.2) is 0 Å². The number of fused-ring (bicyclic) bond motifs is 1. The first-order chi connectivity index (χ1) is 10.2. The number of rotatable bonds is 3. The molecule has 0 bridgehead atoms. The Morgan fingerprint density at radius 3 is 2.43 bits per heavy atom. The fourth-order valence-corrected chi connectivity index (χ4v) is 3.28. The standard InChI is InChI=1S/C17H13NO2S/c1-11-16(21-12-7-3-2-4-8-12)15(17(19)20)13-9-5-6-10-14(13)18-11/h2-10H,1H3,(H,19,20). The molecule has 0 saturated carbocycles. The number of para-hydroxylation sites is 1. The number of carbonyl (C=O) groups is 1. The summed E-state index contributed by atoms with van der Waals surface area (Å²) in [4.78, 5) is 18.0. The van der Waals surface area contributed by atoms with E-state index in [0.717, 1.165) is 10.6 Å². The van der Waals surface area contributed by atoms with Crippen molar-refractivity contribution >= 4 is 28.6 Å². The number of aromatic nitrogens is 1. The van der Waals surface area contributed by atoms with Crippen molar-refractivity contribution in [2.75, 3.05) is 0 Å². The Morgan fingerprint density at radius 2 is 1.71 bits per heavy atom. The van der Waals surface area contributed by atoms with Gasteiger partial charge in [-0.15, -0.1) is 0 Å². The molecule has 0 amide bonds. The van der Waals surface area contributed by atoms with Crippen LogP contribution in [-0.2, 0) is 0 Å². The molecule has 1 N–H and O–H groups in total. The van der Waals surface area contributed by atoms with E-state index in [2.05, 4.69) is 4.98 Å². The van der Waals surface area contributed by atoms with Crippen LogP contribution in [0.5, 0.6) is 0 Å². The van der Waals surface area contributed by atoms with Crippen LogP contribution in [0.15, 0.2) is 64.4 Å². The smallest absolute Gasteiger partial charge is 0.337 e. The molecule has 21 heavy (non-hydrogen) atoms. The average Bonchev–Trinajstić information content (AvgIpc) is 2.48. The number of hydrogen-bond donors (Lipinski definition) is 1. The SMILES string of the molecule is Cc1nc2ccccc2c(C(=O)O)c1Sc1ccccc1. The Bertz CT molecular complexity index is 816. The Balaban J connectivity index is 2.23. The van der Waals surface area contributed by atoms with Gasteiger partial charge in [-0.2, -0.15) is 0 Å². The van der Waals surface area contributed by atoms with Crippen LogP contribution in [0.3, 0.4) is 0 Å². The Hall–Kier alpha value is -2.33. The molecular weight excluding hydrogens is 282 g/mol. The number of aromatic carboxylic acids is 1. The third kappa shape index (κ3) is 2.62. The summed E-state index contributed by atoms with van der Waals surface area (Å²) in [5.41, 5.74) is 1.77. The van der Waals surface area contributed by atoms with Gasteiger partial charge >= 0.3 is 5.97 Å². The van der Waals surface area contributed by atoms with E-state index >= 15 is 0 Å². The van der Waals surface area contributed by atoms with Crippen molar-refractivity contribution in [2.24, 2.45) is 0 Å². The molecule has 0 fully saturated rings. The third-order valence-electron chi connectivity index (χ3n) is 3.19. The van der Waals surface area contributed by atoms with Crippen molar-refractivity contribution in [2.45, 2.75) is 16.7 Å². The summed E-state index contributed by atoms with van der Waals surface area (Å²) in [6.07, 6.45) is 0. The topological polar surface area (TPSA) is 50.2 Å². The van der Waals surface area contributed by atoms with Crippen molar-refractivity contribution < 1.29 is 9.90 Å². The van der Waals surface area contributed by atoms with Crippen molar-refractivity contribution in [3.05, 3.63) is 65.9 Å². The lowest BCUT2D eigenvalue weighted by Gasteiger charge is -2.12. The van der Waals surface area contributed by atoms with Crippen LogP contribution < -0.4 is 0 Å². The average molecular weight is 295 g/mol. The van der Waals surface area contributed by atoms with Crippen molar-refractivity contribution in [3.63, 3.8) is 0 Å². The normalized spacial score (nSPS) is 10.7. The molecule has 2 aromatic carbocycles. The maximum absolute atomic E-state index is 11.7. The number of hydrogen-bond acceptors (Lipinski definition) is 3. The summed E-state index contributed by atoms with van der Waals surface area (Å²) in [6, 6.07) is 17.1. The predicted molar refractivity (Wildman–Crippen MR) is 84.0 cm³/mol. The minimum atomic E-state index is -0.921. The summed E-state index contributed by atoms with van der Waals surface area (Å²) in [5, 5.41) is 10.3. The van der Waals surface area contributed by atoms with Crippen LogP contribution in [0.2, 0.25) is 0 Å². The number of carboxylic acid groups (broad SMARTS) is 1. The molecule has 1 heterocycles. The molecule has 1 aromatic heterocycles. The first-order valence-corrected chi connectivity index (χ1v) is 7.34. The van der Waals surface area contributed by atoms with E-state index in [-0.39, 0.29) is 0 Å². The molecule has 0 aliphatic carbocycles. The maximum atomic E-state index is 11.7. The summed E-state index contributed by atoms with van der Waals surface area (Å²) in [5.74, 6) is -0.921. The number of carboxylic acids is 1. The van der Waals surface area contributed by atoms with Crippen LogP contribution in [0.1, 0.15) is 16.1 Å². The molecule has 0 aliphatic heterocycles. The minimum Gasteiger partial charge on any atom is -0.478 e. The second-order valence-electron chi connectivity index (χ2n) is 4.64. The van der Waals surface area contributed by atoms with Gasteiger partial charge in [0.2, 0.25) is 0 Å². The van der Waals surface area contributed by atoms with Crippen LogP contribution in [0.25, 0.3) is 10.9 Å². The number of nitrogens with zero attached hydrogens (tertiary/aromatic N) is 1. The van der Waals surface area contributed by atoms with E-state index in [1.807, 2.05) is 55.5 Å². The molecule has 0 spiro atoms. The van der Waals surface area contributed by atoms with Crippen LogP contribution in [0.4, 0.5) is 0 Å². The second-order valence-corrected chi connectivity index (χ2v) is 5.72. The Morgan fingerprint density at radius 1 is 1.05 bits per heavy atom. The highest BCUT2D eigenvalue weighted by Crippen LogP contribution is 2.35. The zero-order chi connectivity index (χ0) is 14.8. The molecule has 0 atom stereocenters. The van der Waals surface area contributed by atoms with E-state index in [0.29, 0.717) is 21.4 Å². The molecule has 0 unspecified atom stereocenters. The summed E-state index contributed by atoms with van der Waals surface area (Å²) >= 11 is 1.44. The largest absolute Gasteiger partial charge is 0.478 e. The quantitative estimate of drug-likeness (QED) is 0.778. The molecule has 0 radical (unpaired) electrons. The number of pyridine rings is 1. The first-order valence-electron chi connectivity index (χ1n) is 6.52. The van der Waals surface area contributed by atoms with E-state index in [1.165, 1.54) is 11.8 Å². The Labute approximate surface area is 126 Å². The summed E-state index contributed by atoms with van der Waals surface area (Å²) in [7, 11) is 0. The summed E-state index contributed by atoms with van der Waals surface area (Å²) in [6.45, 7) is 1.85. The summed E-state index contributed by atoms with van der Waals surface area (Å²) < 4.78 is 0. The molecule has 0 saturated heterocycles. The van der Waals surface area contributed by atoms with Gasteiger partial charge in [0.05, 0.1) is 16.8 Å². The lowest BCUT2D eigenvalue weighted by atomic mass is 10.1. The van der Waals surface area contributed by atoms with Gasteiger partial charge in [-0.25, -0.2) is 4.79 Å². The highest BCUT2D eigenvalue weighted by atomic mass is 32.2. The van der Waals surface area contributed by atoms with Gasteiger partial charge in [-0.1, -0.05) is 48.2 Å². The highest BCUT2D eigenvalue weighted by molar-refractivity contribution is 7.99. The molecular formula is C17H13NO2S. The van der Waals surface area contributed by atoms with Gasteiger partial charge in [-0.05, 0) is 25.1 Å². The van der Waals surface area contributed by atoms with Gasteiger partial charge < -0.3 is 5.11 Å². The maximum Gasteiger partial charge on any atom is 0.337 e. The number of benzene rings is 2. The first kappa shape index (κ1) is 13.6. The molecule has 3 rings (SSSR count). The second kappa shape index (κ2) is 5.58. The molecule has 3 aromatic rings. The Kier molecular flexibility index (Phi) is 3.62. The van der Waals surface area contributed by atoms with Crippen LogP contribution in [-0.4, -0.2) is 16.1 Å². The fraction of sp³-hybridized carbons (Fsp3) is 0.0588. The molecule has 0 aliphatic rings. The van der Waals surface area contributed by atoms with Gasteiger partial charge in [0.25, 0.3) is 0 Å². The highest BCUT2D eigenvalue weighted by Gasteiger charge is 2.19. The van der Waals surface area contributed by atoms with Gasteiger partial charge in [0.1, 0.15) is 0 Å². The zero-order valence-corrected chi connectivity index (χ0v) is 12.2. The van der Waals surface area contributed by atoms with Gasteiger partial charge in [-0.3, -0.25) is 4.98 Å². The lowest BCUT2D eigenvalue weighted by molar-refractivity contribution is 0.0695. The molecule has 104 valence electrons. The van der Waals surface area contributed by atoms with Crippen molar-refractivity contribution in [3.8, 4) is 0 Å². The van der Waals surface area contributed by atoms with Crippen LogP contribution in [0, 0.1) is 6.92 Å². The van der Waals surface area contributed by atoms with E-state index < -0.39 is 5.97 Å². The monoisotopic (exact) mass is 295 g/mol. The zero-order valence-electron chi connectivity index (χ0n) is 11.4. The van der Waals surface area contributed by atoms with E-state index in [4.69, 9.17) is 0 Å². The van der Waals surface area contributed by atoms with E-state index in [9.17, 15) is 9.90 Å². The fourth-order valence-electron chi connectivity index (χ4n) is 2.26. The van der Waals surface area contributed by atoms with Crippen molar-refractivity contribution in [1.82, 2.24) is 4.98 Å². The predicted octanol–water partition coefficient (Wildman–Crippen LogP) is 4.39. The van der Waals surface area contributed by atoms with E-state index in [1.54, 1.807) is 6.07 Å². The number of aryl methyl sites for hydroxylation is 1. The molecule has 4 heteroatoms. The third-order valence-corrected chi connectivity index (χ3v) is 4.41. The van der Waals surface area contributed by atoms with Crippen molar-refractivity contribution in [1.29, 1.82) is 0 Å². The molecule has 3 nitrogen and oxygen atoms in total.